The van der Waals surface area contributed by atoms with Gasteiger partial charge >= 0.3 is 0 Å². The van der Waals surface area contributed by atoms with E-state index in [1.807, 2.05) is 0 Å². The molecule has 7 heteroatoms. The summed E-state index contributed by atoms with van der Waals surface area (Å²) in [7, 11) is 1.29. The van der Waals surface area contributed by atoms with E-state index < -0.39 is 16.6 Å². The maximum atomic E-state index is 12.8. The van der Waals surface area contributed by atoms with Crippen molar-refractivity contribution in [2.45, 2.75) is 25.7 Å². The SMILES string of the molecule is COc1cc([N+](=O)[O-])ccc1C(=O)C1C(=O)CC2CCCC2C1=O. The van der Waals surface area contributed by atoms with Crippen molar-refractivity contribution in [1.29, 1.82) is 0 Å². The lowest BCUT2D eigenvalue weighted by Gasteiger charge is -2.28. The summed E-state index contributed by atoms with van der Waals surface area (Å²) in [5.74, 6) is -2.74. The number of ketones is 3. The highest BCUT2D eigenvalue weighted by Crippen LogP contribution is 2.42. The van der Waals surface area contributed by atoms with Crippen molar-refractivity contribution in [3.63, 3.8) is 0 Å². The number of rotatable bonds is 4. The highest BCUT2D eigenvalue weighted by atomic mass is 16.6. The fourth-order valence-corrected chi connectivity index (χ4v) is 3.83. The van der Waals surface area contributed by atoms with Crippen LogP contribution in [0.4, 0.5) is 5.69 Å². The molecule has 1 aromatic rings. The van der Waals surface area contributed by atoms with Gasteiger partial charge in [0.1, 0.15) is 11.7 Å². The number of ether oxygens (including phenoxy) is 1. The van der Waals surface area contributed by atoms with Gasteiger partial charge in [0.15, 0.2) is 17.3 Å². The van der Waals surface area contributed by atoms with Gasteiger partial charge in [0.2, 0.25) is 0 Å². The fraction of sp³-hybridized carbons (Fsp3) is 0.471. The van der Waals surface area contributed by atoms with Crippen LogP contribution in [0.25, 0.3) is 0 Å². The molecule has 2 aliphatic rings. The van der Waals surface area contributed by atoms with Gasteiger partial charge in [-0.3, -0.25) is 24.5 Å². The maximum absolute atomic E-state index is 12.8. The third-order valence-corrected chi connectivity index (χ3v) is 5.02. The van der Waals surface area contributed by atoms with Crippen LogP contribution in [0.2, 0.25) is 0 Å². The van der Waals surface area contributed by atoms with Crippen LogP contribution in [-0.2, 0) is 9.59 Å². The van der Waals surface area contributed by atoms with E-state index >= 15 is 0 Å². The first-order valence-electron chi connectivity index (χ1n) is 7.87. The monoisotopic (exact) mass is 331 g/mol. The molecule has 0 saturated heterocycles. The normalized spacial score (nSPS) is 26.1. The fourth-order valence-electron chi connectivity index (χ4n) is 3.83. The molecule has 3 atom stereocenters. The van der Waals surface area contributed by atoms with Crippen molar-refractivity contribution in [1.82, 2.24) is 0 Å². The Labute approximate surface area is 138 Å². The van der Waals surface area contributed by atoms with Crippen LogP contribution in [0.3, 0.4) is 0 Å². The molecule has 2 saturated carbocycles. The van der Waals surface area contributed by atoms with Gasteiger partial charge in [-0.1, -0.05) is 6.42 Å². The molecule has 24 heavy (non-hydrogen) atoms. The average Bonchev–Trinajstić information content (AvgIpc) is 3.02. The summed E-state index contributed by atoms with van der Waals surface area (Å²) in [4.78, 5) is 48.0. The van der Waals surface area contributed by atoms with Crippen LogP contribution in [-0.4, -0.2) is 29.4 Å². The highest BCUT2D eigenvalue weighted by molar-refractivity contribution is 6.26. The summed E-state index contributed by atoms with van der Waals surface area (Å²) in [6.45, 7) is 0. The number of non-ortho nitro benzene ring substituents is 1. The zero-order valence-corrected chi connectivity index (χ0v) is 13.2. The first-order chi connectivity index (χ1) is 11.4. The Morgan fingerprint density at radius 3 is 2.71 bits per heavy atom. The largest absolute Gasteiger partial charge is 0.496 e. The second kappa shape index (κ2) is 6.14. The standard InChI is InChI=1S/C17H17NO6/c1-24-14-8-10(18(22)23)5-6-12(14)17(21)15-13(19)7-9-3-2-4-11(9)16(15)20/h5-6,8-9,11,15H,2-4,7H2,1H3. The number of carbonyl (C=O) groups excluding carboxylic acids is 3. The number of Topliss-reactive ketones (excluding diaryl/α,β-unsaturated/α-hetero) is 3. The summed E-state index contributed by atoms with van der Waals surface area (Å²) < 4.78 is 5.06. The van der Waals surface area contributed by atoms with Crippen LogP contribution in [0.5, 0.6) is 5.75 Å². The molecule has 7 nitrogen and oxygen atoms in total. The Balaban J connectivity index is 1.95. The molecule has 0 aromatic heterocycles. The van der Waals surface area contributed by atoms with Crippen LogP contribution in [0.1, 0.15) is 36.0 Å². The number of nitro groups is 1. The van der Waals surface area contributed by atoms with Crippen molar-refractivity contribution in [3.05, 3.63) is 33.9 Å². The summed E-state index contributed by atoms with van der Waals surface area (Å²) in [5.41, 5.74) is -0.188. The molecule has 3 rings (SSSR count). The summed E-state index contributed by atoms with van der Waals surface area (Å²) in [5, 5.41) is 10.8. The highest BCUT2D eigenvalue weighted by Gasteiger charge is 2.48. The molecule has 0 spiro atoms. The number of nitrogens with zero attached hydrogens (tertiary/aromatic N) is 1. The summed E-state index contributed by atoms with van der Waals surface area (Å²) in [6, 6.07) is 3.55. The molecule has 2 aliphatic carbocycles. The molecule has 0 radical (unpaired) electrons. The van der Waals surface area contributed by atoms with Crippen LogP contribution in [0.15, 0.2) is 18.2 Å². The number of nitro benzene ring substituents is 1. The second-order valence-corrected chi connectivity index (χ2v) is 6.31. The lowest BCUT2D eigenvalue weighted by atomic mass is 9.71. The Morgan fingerprint density at radius 2 is 2.04 bits per heavy atom. The quantitative estimate of drug-likeness (QED) is 0.363. The van der Waals surface area contributed by atoms with Gasteiger partial charge in [0, 0.05) is 18.4 Å². The van der Waals surface area contributed by atoms with Gasteiger partial charge in [-0.25, -0.2) is 0 Å². The van der Waals surface area contributed by atoms with Crippen molar-refractivity contribution in [2.75, 3.05) is 7.11 Å². The van der Waals surface area contributed by atoms with E-state index in [-0.39, 0.29) is 46.8 Å². The molecule has 0 amide bonds. The Bertz CT molecular complexity index is 741. The van der Waals surface area contributed by atoms with E-state index in [0.29, 0.717) is 0 Å². The lowest BCUT2D eigenvalue weighted by Crippen LogP contribution is -2.43. The predicted octanol–water partition coefficient (Wildman–Crippen LogP) is 2.36. The number of carbonyl (C=O) groups is 3. The number of hydrogen-bond donors (Lipinski definition) is 0. The molecule has 0 N–H and O–H groups in total. The van der Waals surface area contributed by atoms with Crippen molar-refractivity contribution in [3.8, 4) is 5.75 Å². The van der Waals surface area contributed by atoms with E-state index in [2.05, 4.69) is 0 Å². The zero-order chi connectivity index (χ0) is 17.4. The van der Waals surface area contributed by atoms with Gasteiger partial charge in [-0.05, 0) is 24.8 Å². The molecule has 0 bridgehead atoms. The number of fused-ring (bicyclic) bond motifs is 1. The van der Waals surface area contributed by atoms with Gasteiger partial charge in [-0.2, -0.15) is 0 Å². The Kier molecular flexibility index (Phi) is 4.17. The maximum Gasteiger partial charge on any atom is 0.273 e. The third kappa shape index (κ3) is 2.60. The number of hydrogen-bond acceptors (Lipinski definition) is 6. The third-order valence-electron chi connectivity index (χ3n) is 5.02. The minimum Gasteiger partial charge on any atom is -0.496 e. The average molecular weight is 331 g/mol. The van der Waals surface area contributed by atoms with Gasteiger partial charge in [-0.15, -0.1) is 0 Å². The summed E-state index contributed by atoms with van der Waals surface area (Å²) in [6.07, 6.45) is 2.72. The van der Waals surface area contributed by atoms with Crippen molar-refractivity contribution in [2.24, 2.45) is 17.8 Å². The molecule has 2 fully saturated rings. The van der Waals surface area contributed by atoms with Crippen molar-refractivity contribution < 1.29 is 24.0 Å². The molecule has 126 valence electrons. The topological polar surface area (TPSA) is 104 Å². The zero-order valence-electron chi connectivity index (χ0n) is 13.2. The van der Waals surface area contributed by atoms with Gasteiger partial charge in [0.25, 0.3) is 5.69 Å². The van der Waals surface area contributed by atoms with Crippen LogP contribution < -0.4 is 4.74 Å². The van der Waals surface area contributed by atoms with E-state index in [0.717, 1.165) is 25.3 Å². The van der Waals surface area contributed by atoms with Crippen LogP contribution in [0, 0.1) is 27.9 Å². The Hall–Kier alpha value is -2.57. The number of benzene rings is 1. The minimum absolute atomic E-state index is 0.00310. The van der Waals surface area contributed by atoms with Crippen LogP contribution >= 0.6 is 0 Å². The Morgan fingerprint density at radius 1 is 1.29 bits per heavy atom. The second-order valence-electron chi connectivity index (χ2n) is 6.31. The van der Waals surface area contributed by atoms with E-state index in [9.17, 15) is 24.5 Å². The molecule has 1 aromatic carbocycles. The van der Waals surface area contributed by atoms with E-state index in [1.54, 1.807) is 0 Å². The van der Waals surface area contributed by atoms with E-state index in [1.165, 1.54) is 19.2 Å². The molecular weight excluding hydrogens is 314 g/mol. The molecule has 0 heterocycles. The number of methoxy groups -OCH3 is 1. The predicted molar refractivity (Wildman–Crippen MR) is 82.9 cm³/mol. The molecule has 0 aliphatic heterocycles. The lowest BCUT2D eigenvalue weighted by molar-refractivity contribution is -0.384. The minimum atomic E-state index is -1.31. The van der Waals surface area contributed by atoms with Gasteiger partial charge < -0.3 is 4.74 Å². The molecular formula is C17H17NO6. The van der Waals surface area contributed by atoms with E-state index in [4.69, 9.17) is 4.74 Å². The first-order valence-corrected chi connectivity index (χ1v) is 7.87. The van der Waals surface area contributed by atoms with Crippen molar-refractivity contribution >= 4 is 23.0 Å². The summed E-state index contributed by atoms with van der Waals surface area (Å²) >= 11 is 0. The molecule has 3 unspecified atom stereocenters. The smallest absolute Gasteiger partial charge is 0.273 e. The van der Waals surface area contributed by atoms with Gasteiger partial charge in [0.05, 0.1) is 23.7 Å². The first kappa shape index (κ1) is 16.3.